The maximum Gasteiger partial charge on any atom is 0.238 e. The normalized spacial score (nSPS) is 10.3. The predicted octanol–water partition coefficient (Wildman–Crippen LogP) is 3.38. The first-order valence-electron chi connectivity index (χ1n) is 6.46. The fraction of sp³-hybridized carbons (Fsp3) is 0.188. The number of amides is 1. The highest BCUT2D eigenvalue weighted by molar-refractivity contribution is 6.30. The quantitative estimate of drug-likeness (QED) is 0.885. The Kier molecular flexibility index (Phi) is 5.16. The van der Waals surface area contributed by atoms with E-state index in [1.807, 2.05) is 18.2 Å². The van der Waals surface area contributed by atoms with Crippen molar-refractivity contribution in [1.82, 2.24) is 5.32 Å². The molecule has 0 saturated carbocycles. The van der Waals surface area contributed by atoms with E-state index in [0.29, 0.717) is 17.3 Å². The van der Waals surface area contributed by atoms with Gasteiger partial charge in [-0.25, -0.2) is 0 Å². The molecule has 2 rings (SSSR count). The van der Waals surface area contributed by atoms with Crippen LogP contribution in [0.3, 0.4) is 0 Å². The van der Waals surface area contributed by atoms with Crippen LogP contribution in [0, 0.1) is 6.92 Å². The number of hydrogen-bond donors (Lipinski definition) is 2. The van der Waals surface area contributed by atoms with Gasteiger partial charge in [0, 0.05) is 17.3 Å². The number of aryl methyl sites for hydroxylation is 1. The molecule has 2 aromatic rings. The van der Waals surface area contributed by atoms with Crippen molar-refractivity contribution in [2.45, 2.75) is 13.5 Å². The van der Waals surface area contributed by atoms with E-state index in [-0.39, 0.29) is 12.5 Å². The topological polar surface area (TPSA) is 41.1 Å². The van der Waals surface area contributed by atoms with Gasteiger partial charge in [-0.05, 0) is 36.2 Å². The summed E-state index contributed by atoms with van der Waals surface area (Å²) in [6.07, 6.45) is 0. The lowest BCUT2D eigenvalue weighted by Crippen LogP contribution is -2.27. The van der Waals surface area contributed by atoms with Crippen LogP contribution in [-0.4, -0.2) is 12.5 Å². The summed E-state index contributed by atoms with van der Waals surface area (Å²) < 4.78 is 0. The van der Waals surface area contributed by atoms with E-state index in [9.17, 15) is 4.79 Å². The van der Waals surface area contributed by atoms with Crippen molar-refractivity contribution in [2.24, 2.45) is 0 Å². The number of nitrogens with one attached hydrogen (secondary N) is 2. The third kappa shape index (κ3) is 4.37. The molecule has 3 nitrogen and oxygen atoms in total. The maximum atomic E-state index is 11.8. The van der Waals surface area contributed by atoms with Crippen molar-refractivity contribution >= 4 is 23.2 Å². The Morgan fingerprint density at radius 2 is 1.95 bits per heavy atom. The third-order valence-electron chi connectivity index (χ3n) is 2.97. The summed E-state index contributed by atoms with van der Waals surface area (Å²) in [5, 5.41) is 6.54. The molecule has 2 N–H and O–H groups in total. The molecule has 0 atom stereocenters. The standard InChI is InChI=1S/C16H17ClN2O/c1-12-5-2-3-6-13(12)10-18-11-16(20)19-15-8-4-7-14(17)9-15/h2-9,18H,10-11H2,1H3,(H,19,20). The molecule has 0 heterocycles. The minimum Gasteiger partial charge on any atom is -0.325 e. The summed E-state index contributed by atoms with van der Waals surface area (Å²) in [6.45, 7) is 3.00. The number of rotatable bonds is 5. The lowest BCUT2D eigenvalue weighted by Gasteiger charge is -2.08. The Bertz CT molecular complexity index is 599. The van der Waals surface area contributed by atoms with Crippen LogP contribution in [0.15, 0.2) is 48.5 Å². The van der Waals surface area contributed by atoms with Gasteiger partial charge in [0.15, 0.2) is 0 Å². The molecule has 0 bridgehead atoms. The Morgan fingerprint density at radius 3 is 2.70 bits per heavy atom. The highest BCUT2D eigenvalue weighted by Gasteiger charge is 2.03. The zero-order valence-electron chi connectivity index (χ0n) is 11.3. The first-order valence-corrected chi connectivity index (χ1v) is 6.83. The van der Waals surface area contributed by atoms with Crippen LogP contribution < -0.4 is 10.6 Å². The van der Waals surface area contributed by atoms with Crippen molar-refractivity contribution in [3.63, 3.8) is 0 Å². The second-order valence-corrected chi connectivity index (χ2v) is 5.02. The molecule has 4 heteroatoms. The van der Waals surface area contributed by atoms with Gasteiger partial charge in [0.25, 0.3) is 0 Å². The van der Waals surface area contributed by atoms with E-state index in [1.54, 1.807) is 18.2 Å². The predicted molar refractivity (Wildman–Crippen MR) is 83.0 cm³/mol. The van der Waals surface area contributed by atoms with E-state index in [0.717, 1.165) is 0 Å². The number of benzene rings is 2. The van der Waals surface area contributed by atoms with Crippen molar-refractivity contribution in [2.75, 3.05) is 11.9 Å². The van der Waals surface area contributed by atoms with E-state index < -0.39 is 0 Å². The first kappa shape index (κ1) is 14.6. The Labute approximate surface area is 124 Å². The number of halogens is 1. The Hall–Kier alpha value is -1.84. The average Bonchev–Trinajstić information content (AvgIpc) is 2.41. The molecule has 0 spiro atoms. The second-order valence-electron chi connectivity index (χ2n) is 4.59. The van der Waals surface area contributed by atoms with Crippen molar-refractivity contribution in [3.8, 4) is 0 Å². The van der Waals surface area contributed by atoms with Crippen LogP contribution in [-0.2, 0) is 11.3 Å². The fourth-order valence-electron chi connectivity index (χ4n) is 1.89. The fourth-order valence-corrected chi connectivity index (χ4v) is 2.08. The molecule has 0 aliphatic carbocycles. The largest absolute Gasteiger partial charge is 0.325 e. The molecule has 0 saturated heterocycles. The molecule has 0 aromatic heterocycles. The van der Waals surface area contributed by atoms with Crippen LogP contribution in [0.4, 0.5) is 5.69 Å². The van der Waals surface area contributed by atoms with Gasteiger partial charge < -0.3 is 10.6 Å². The molecule has 104 valence electrons. The zero-order valence-corrected chi connectivity index (χ0v) is 12.1. The molecule has 0 aliphatic rings. The van der Waals surface area contributed by atoms with E-state index in [2.05, 4.69) is 29.7 Å². The molecule has 0 fully saturated rings. The van der Waals surface area contributed by atoms with Crippen LogP contribution in [0.2, 0.25) is 5.02 Å². The lowest BCUT2D eigenvalue weighted by molar-refractivity contribution is -0.115. The smallest absolute Gasteiger partial charge is 0.238 e. The molecule has 0 radical (unpaired) electrons. The maximum absolute atomic E-state index is 11.8. The summed E-state index contributed by atoms with van der Waals surface area (Å²) in [5.41, 5.74) is 3.12. The van der Waals surface area contributed by atoms with Gasteiger partial charge in [-0.2, -0.15) is 0 Å². The summed E-state index contributed by atoms with van der Waals surface area (Å²) in [7, 11) is 0. The minimum atomic E-state index is -0.0825. The molecule has 0 aliphatic heterocycles. The van der Waals surface area contributed by atoms with E-state index in [4.69, 9.17) is 11.6 Å². The summed E-state index contributed by atoms with van der Waals surface area (Å²) in [5.74, 6) is -0.0825. The van der Waals surface area contributed by atoms with Gasteiger partial charge in [-0.3, -0.25) is 4.79 Å². The van der Waals surface area contributed by atoms with Crippen molar-refractivity contribution in [3.05, 3.63) is 64.7 Å². The molecular formula is C16H17ClN2O. The minimum absolute atomic E-state index is 0.0825. The molecule has 0 unspecified atom stereocenters. The van der Waals surface area contributed by atoms with E-state index >= 15 is 0 Å². The van der Waals surface area contributed by atoms with Crippen LogP contribution in [0.5, 0.6) is 0 Å². The molecule has 1 amide bonds. The number of anilines is 1. The number of carbonyl (C=O) groups excluding carboxylic acids is 1. The average molecular weight is 289 g/mol. The van der Waals surface area contributed by atoms with Gasteiger partial charge >= 0.3 is 0 Å². The van der Waals surface area contributed by atoms with Crippen molar-refractivity contribution in [1.29, 1.82) is 0 Å². The highest BCUT2D eigenvalue weighted by atomic mass is 35.5. The summed E-state index contributed by atoms with van der Waals surface area (Å²) in [4.78, 5) is 11.8. The highest BCUT2D eigenvalue weighted by Crippen LogP contribution is 2.14. The molecular weight excluding hydrogens is 272 g/mol. The van der Waals surface area contributed by atoms with Gasteiger partial charge in [0.1, 0.15) is 0 Å². The number of hydrogen-bond acceptors (Lipinski definition) is 2. The van der Waals surface area contributed by atoms with Crippen LogP contribution in [0.1, 0.15) is 11.1 Å². The number of carbonyl (C=O) groups is 1. The van der Waals surface area contributed by atoms with Crippen LogP contribution in [0.25, 0.3) is 0 Å². The Balaban J connectivity index is 1.80. The lowest BCUT2D eigenvalue weighted by atomic mass is 10.1. The summed E-state index contributed by atoms with van der Waals surface area (Å²) in [6, 6.07) is 15.2. The Morgan fingerprint density at radius 1 is 1.15 bits per heavy atom. The third-order valence-corrected chi connectivity index (χ3v) is 3.21. The molecule has 2 aromatic carbocycles. The van der Waals surface area contributed by atoms with E-state index in [1.165, 1.54) is 11.1 Å². The SMILES string of the molecule is Cc1ccccc1CNCC(=O)Nc1cccc(Cl)c1. The molecule has 20 heavy (non-hydrogen) atoms. The van der Waals surface area contributed by atoms with Crippen molar-refractivity contribution < 1.29 is 4.79 Å². The zero-order chi connectivity index (χ0) is 14.4. The van der Waals surface area contributed by atoms with Gasteiger partial charge in [0.2, 0.25) is 5.91 Å². The monoisotopic (exact) mass is 288 g/mol. The van der Waals surface area contributed by atoms with Gasteiger partial charge in [-0.1, -0.05) is 41.9 Å². The van der Waals surface area contributed by atoms with Gasteiger partial charge in [0.05, 0.1) is 6.54 Å². The van der Waals surface area contributed by atoms with Gasteiger partial charge in [-0.15, -0.1) is 0 Å². The van der Waals surface area contributed by atoms with Crippen LogP contribution >= 0.6 is 11.6 Å². The summed E-state index contributed by atoms with van der Waals surface area (Å²) >= 11 is 5.86. The second kappa shape index (κ2) is 7.08. The first-order chi connectivity index (χ1) is 9.65.